The van der Waals surface area contributed by atoms with Gasteiger partial charge in [-0.1, -0.05) is 13.8 Å². The van der Waals surface area contributed by atoms with Gasteiger partial charge >= 0.3 is 0 Å². The molecular weight excluding hydrogens is 258 g/mol. The minimum Gasteiger partial charge on any atom is -0.508 e. The molecule has 0 aromatic heterocycles. The van der Waals surface area contributed by atoms with Crippen LogP contribution >= 0.6 is 11.8 Å². The summed E-state index contributed by atoms with van der Waals surface area (Å²) < 4.78 is 0. The van der Waals surface area contributed by atoms with Gasteiger partial charge in [-0.05, 0) is 42.5 Å². The van der Waals surface area contributed by atoms with E-state index in [4.69, 9.17) is 0 Å². The summed E-state index contributed by atoms with van der Waals surface area (Å²) >= 11 is 1.53. The molecule has 0 spiro atoms. The minimum absolute atomic E-state index is 0.219. The van der Waals surface area contributed by atoms with Crippen molar-refractivity contribution in [1.29, 1.82) is 0 Å². The Labute approximate surface area is 119 Å². The van der Waals surface area contributed by atoms with Crippen molar-refractivity contribution in [3.8, 4) is 5.75 Å². The van der Waals surface area contributed by atoms with E-state index in [0.717, 1.165) is 18.0 Å². The maximum absolute atomic E-state index is 12.2. The number of hydrogen-bond acceptors (Lipinski definition) is 3. The highest BCUT2D eigenvalue weighted by molar-refractivity contribution is 8.00. The van der Waals surface area contributed by atoms with Crippen molar-refractivity contribution < 1.29 is 9.90 Å². The average molecular weight is 279 g/mol. The molecule has 2 atom stereocenters. The Balaban J connectivity index is 1.85. The molecule has 2 unspecified atom stereocenters. The Morgan fingerprint density at radius 2 is 1.84 bits per heavy atom. The van der Waals surface area contributed by atoms with Gasteiger partial charge in [0.1, 0.15) is 5.75 Å². The van der Waals surface area contributed by atoms with Crippen molar-refractivity contribution in [3.63, 3.8) is 0 Å². The molecule has 0 bridgehead atoms. The quantitative estimate of drug-likeness (QED) is 0.865. The average Bonchev–Trinajstić information content (AvgIpc) is 2.36. The van der Waals surface area contributed by atoms with Crippen molar-refractivity contribution in [1.82, 2.24) is 4.90 Å². The zero-order valence-electron chi connectivity index (χ0n) is 11.5. The van der Waals surface area contributed by atoms with Crippen LogP contribution in [0.25, 0.3) is 0 Å². The number of benzene rings is 1. The number of thioether (sulfide) groups is 1. The molecule has 19 heavy (non-hydrogen) atoms. The highest BCUT2D eigenvalue weighted by atomic mass is 32.2. The second kappa shape index (κ2) is 6.33. The Morgan fingerprint density at radius 1 is 1.26 bits per heavy atom. The summed E-state index contributed by atoms with van der Waals surface area (Å²) in [6.07, 6.45) is 1.22. The first-order valence-electron chi connectivity index (χ1n) is 6.74. The summed E-state index contributed by atoms with van der Waals surface area (Å²) in [6.45, 7) is 6.20. The van der Waals surface area contributed by atoms with Crippen LogP contribution in [0, 0.1) is 11.8 Å². The van der Waals surface area contributed by atoms with Crippen LogP contribution in [-0.2, 0) is 4.79 Å². The summed E-state index contributed by atoms with van der Waals surface area (Å²) in [7, 11) is 0. The fourth-order valence-corrected chi connectivity index (χ4v) is 3.45. The van der Waals surface area contributed by atoms with Crippen LogP contribution in [0.15, 0.2) is 29.2 Å². The van der Waals surface area contributed by atoms with Gasteiger partial charge in [0.25, 0.3) is 0 Å². The molecule has 1 fully saturated rings. The third-order valence-corrected chi connectivity index (χ3v) is 4.42. The van der Waals surface area contributed by atoms with Gasteiger partial charge < -0.3 is 10.0 Å². The van der Waals surface area contributed by atoms with E-state index in [1.165, 1.54) is 18.2 Å². The molecular formula is C15H21NO2S. The SMILES string of the molecule is CC1CC(C)CN(C(=O)CSc2ccc(O)cc2)C1. The molecule has 1 aromatic rings. The van der Waals surface area contributed by atoms with Crippen LogP contribution in [0.3, 0.4) is 0 Å². The van der Waals surface area contributed by atoms with Crippen molar-refractivity contribution in [3.05, 3.63) is 24.3 Å². The zero-order chi connectivity index (χ0) is 13.8. The lowest BCUT2D eigenvalue weighted by Crippen LogP contribution is -2.43. The number of amides is 1. The van der Waals surface area contributed by atoms with Crippen molar-refractivity contribution in [2.75, 3.05) is 18.8 Å². The Hall–Kier alpha value is -1.16. The molecule has 1 aliphatic heterocycles. The highest BCUT2D eigenvalue weighted by Gasteiger charge is 2.25. The monoisotopic (exact) mass is 279 g/mol. The molecule has 1 saturated heterocycles. The molecule has 4 heteroatoms. The Kier molecular flexibility index (Phi) is 4.75. The Morgan fingerprint density at radius 3 is 2.42 bits per heavy atom. The van der Waals surface area contributed by atoms with Crippen LogP contribution in [0.5, 0.6) is 5.75 Å². The molecule has 1 heterocycles. The van der Waals surface area contributed by atoms with E-state index in [0.29, 0.717) is 17.6 Å². The van der Waals surface area contributed by atoms with E-state index >= 15 is 0 Å². The molecule has 0 saturated carbocycles. The molecule has 3 nitrogen and oxygen atoms in total. The standard InChI is InChI=1S/C15H21NO2S/c1-11-7-12(2)9-16(8-11)15(18)10-19-14-5-3-13(17)4-6-14/h3-6,11-12,17H,7-10H2,1-2H3. The number of hydrogen-bond donors (Lipinski definition) is 1. The number of likely N-dealkylation sites (tertiary alicyclic amines) is 1. The van der Waals surface area contributed by atoms with Crippen molar-refractivity contribution in [2.45, 2.75) is 25.2 Å². The van der Waals surface area contributed by atoms with E-state index in [1.807, 2.05) is 17.0 Å². The van der Waals surface area contributed by atoms with E-state index in [-0.39, 0.29) is 11.7 Å². The normalized spacial score (nSPS) is 23.4. The van der Waals surface area contributed by atoms with Gasteiger partial charge in [-0.3, -0.25) is 4.79 Å². The third-order valence-electron chi connectivity index (χ3n) is 3.42. The first kappa shape index (κ1) is 14.3. The predicted octanol–water partition coefficient (Wildman–Crippen LogP) is 2.99. The summed E-state index contributed by atoms with van der Waals surface area (Å²) in [6, 6.07) is 6.99. The lowest BCUT2D eigenvalue weighted by Gasteiger charge is -2.35. The first-order chi connectivity index (χ1) is 9.04. The molecule has 1 aliphatic rings. The van der Waals surface area contributed by atoms with Crippen LogP contribution in [-0.4, -0.2) is 34.8 Å². The third kappa shape index (κ3) is 4.16. The van der Waals surface area contributed by atoms with Crippen LogP contribution in [0.1, 0.15) is 20.3 Å². The van der Waals surface area contributed by atoms with Gasteiger partial charge in [0.15, 0.2) is 0 Å². The van der Waals surface area contributed by atoms with E-state index in [1.54, 1.807) is 12.1 Å². The molecule has 1 aromatic carbocycles. The topological polar surface area (TPSA) is 40.5 Å². The molecule has 104 valence electrons. The van der Waals surface area contributed by atoms with Gasteiger partial charge in [0.2, 0.25) is 5.91 Å². The molecule has 1 N–H and O–H groups in total. The maximum Gasteiger partial charge on any atom is 0.232 e. The Bertz CT molecular complexity index is 422. The van der Waals surface area contributed by atoms with Gasteiger partial charge in [0.05, 0.1) is 5.75 Å². The summed E-state index contributed by atoms with van der Waals surface area (Å²) in [5.74, 6) is 2.16. The van der Waals surface area contributed by atoms with Crippen molar-refractivity contribution >= 4 is 17.7 Å². The fourth-order valence-electron chi connectivity index (χ4n) is 2.65. The fraction of sp³-hybridized carbons (Fsp3) is 0.533. The van der Waals surface area contributed by atoms with E-state index in [9.17, 15) is 9.90 Å². The highest BCUT2D eigenvalue weighted by Crippen LogP contribution is 2.24. The second-order valence-corrected chi connectivity index (χ2v) is 6.58. The predicted molar refractivity (Wildman–Crippen MR) is 78.4 cm³/mol. The molecule has 2 rings (SSSR count). The molecule has 0 aliphatic carbocycles. The number of aromatic hydroxyl groups is 1. The molecule has 1 amide bonds. The van der Waals surface area contributed by atoms with Crippen molar-refractivity contribution in [2.24, 2.45) is 11.8 Å². The molecule has 0 radical (unpaired) electrons. The summed E-state index contributed by atoms with van der Waals surface area (Å²) in [5, 5.41) is 9.21. The van der Waals surface area contributed by atoms with E-state index in [2.05, 4.69) is 13.8 Å². The number of nitrogens with zero attached hydrogens (tertiary/aromatic N) is 1. The van der Waals surface area contributed by atoms with Gasteiger partial charge in [-0.15, -0.1) is 11.8 Å². The zero-order valence-corrected chi connectivity index (χ0v) is 12.3. The number of phenolic OH excluding ortho intramolecular Hbond substituents is 1. The minimum atomic E-state index is 0.219. The number of piperidine rings is 1. The summed E-state index contributed by atoms with van der Waals surface area (Å²) in [5.41, 5.74) is 0. The second-order valence-electron chi connectivity index (χ2n) is 5.53. The summed E-state index contributed by atoms with van der Waals surface area (Å²) in [4.78, 5) is 15.2. The van der Waals surface area contributed by atoms with Gasteiger partial charge in [-0.2, -0.15) is 0 Å². The van der Waals surface area contributed by atoms with Crippen LogP contribution in [0.2, 0.25) is 0 Å². The van der Waals surface area contributed by atoms with Gasteiger partial charge in [0, 0.05) is 18.0 Å². The van der Waals surface area contributed by atoms with E-state index < -0.39 is 0 Å². The first-order valence-corrected chi connectivity index (χ1v) is 7.72. The largest absolute Gasteiger partial charge is 0.508 e. The number of carbonyl (C=O) groups is 1. The lowest BCUT2D eigenvalue weighted by atomic mass is 9.92. The smallest absolute Gasteiger partial charge is 0.232 e. The number of phenols is 1. The lowest BCUT2D eigenvalue weighted by molar-refractivity contribution is -0.130. The maximum atomic E-state index is 12.2. The van der Waals surface area contributed by atoms with Gasteiger partial charge in [-0.25, -0.2) is 0 Å². The number of carbonyl (C=O) groups excluding carboxylic acids is 1. The number of rotatable bonds is 3. The van der Waals surface area contributed by atoms with Crippen LogP contribution in [0.4, 0.5) is 0 Å². The van der Waals surface area contributed by atoms with Crippen LogP contribution < -0.4 is 0 Å².